The summed E-state index contributed by atoms with van der Waals surface area (Å²) in [7, 11) is 0. The molecular weight excluding hydrogens is 333 g/mol. The molecule has 0 atom stereocenters. The molecule has 134 valence electrons. The van der Waals surface area contributed by atoms with Crippen LogP contribution < -0.4 is 15.4 Å². The van der Waals surface area contributed by atoms with Crippen molar-refractivity contribution in [3.8, 4) is 5.75 Å². The minimum atomic E-state index is -4.78. The molecule has 0 radical (unpaired) electrons. The SMILES string of the molecule is CC(C)c1ccc(NC(=O)NCc2ccccc2OC(F)(F)F)cc1. The first kappa shape index (κ1) is 18.6. The number of para-hydroxylation sites is 1. The number of alkyl halides is 3. The van der Waals surface area contributed by atoms with Gasteiger partial charge in [-0.2, -0.15) is 0 Å². The predicted octanol–water partition coefficient (Wildman–Crippen LogP) is 5.03. The number of urea groups is 1. The van der Waals surface area contributed by atoms with Crippen molar-refractivity contribution in [2.75, 3.05) is 5.32 Å². The van der Waals surface area contributed by atoms with E-state index in [1.807, 2.05) is 12.1 Å². The van der Waals surface area contributed by atoms with Crippen molar-refractivity contribution in [3.63, 3.8) is 0 Å². The van der Waals surface area contributed by atoms with E-state index in [0.717, 1.165) is 5.56 Å². The lowest BCUT2D eigenvalue weighted by Gasteiger charge is -2.14. The lowest BCUT2D eigenvalue weighted by atomic mass is 10.0. The second-order valence-corrected chi connectivity index (χ2v) is 5.74. The molecule has 0 aliphatic heterocycles. The number of hydrogen-bond donors (Lipinski definition) is 2. The van der Waals surface area contributed by atoms with Gasteiger partial charge in [-0.25, -0.2) is 4.79 Å². The second kappa shape index (κ2) is 7.92. The molecule has 2 aromatic rings. The minimum Gasteiger partial charge on any atom is -0.405 e. The zero-order chi connectivity index (χ0) is 18.4. The third-order valence-electron chi connectivity index (χ3n) is 3.47. The lowest BCUT2D eigenvalue weighted by molar-refractivity contribution is -0.274. The van der Waals surface area contributed by atoms with Crippen LogP contribution in [0.5, 0.6) is 5.75 Å². The molecule has 2 amide bonds. The van der Waals surface area contributed by atoms with E-state index >= 15 is 0 Å². The van der Waals surface area contributed by atoms with Gasteiger partial charge >= 0.3 is 12.4 Å². The van der Waals surface area contributed by atoms with Crippen LogP contribution in [0.15, 0.2) is 48.5 Å². The normalized spacial score (nSPS) is 11.3. The van der Waals surface area contributed by atoms with Gasteiger partial charge in [0.15, 0.2) is 0 Å². The van der Waals surface area contributed by atoms with Crippen molar-refractivity contribution in [2.24, 2.45) is 0 Å². The van der Waals surface area contributed by atoms with E-state index < -0.39 is 12.4 Å². The maximum atomic E-state index is 12.4. The van der Waals surface area contributed by atoms with E-state index in [1.165, 1.54) is 18.2 Å². The highest BCUT2D eigenvalue weighted by atomic mass is 19.4. The number of benzene rings is 2. The molecule has 0 unspecified atom stereocenters. The first-order valence-electron chi connectivity index (χ1n) is 7.73. The number of carbonyl (C=O) groups is 1. The van der Waals surface area contributed by atoms with Crippen molar-refractivity contribution >= 4 is 11.7 Å². The fourth-order valence-electron chi connectivity index (χ4n) is 2.18. The van der Waals surface area contributed by atoms with Crippen LogP contribution >= 0.6 is 0 Å². The molecule has 25 heavy (non-hydrogen) atoms. The summed E-state index contributed by atoms with van der Waals surface area (Å²) in [5.41, 5.74) is 1.97. The van der Waals surface area contributed by atoms with Gasteiger partial charge in [0.05, 0.1) is 0 Å². The molecule has 0 aliphatic carbocycles. The lowest BCUT2D eigenvalue weighted by Crippen LogP contribution is -2.28. The third kappa shape index (κ3) is 6.02. The molecule has 0 fully saturated rings. The van der Waals surface area contributed by atoms with Crippen molar-refractivity contribution < 1.29 is 22.7 Å². The number of amides is 2. The van der Waals surface area contributed by atoms with Crippen LogP contribution in [0.1, 0.15) is 30.9 Å². The van der Waals surface area contributed by atoms with Crippen LogP contribution in [0.3, 0.4) is 0 Å². The number of rotatable bonds is 5. The molecule has 0 bridgehead atoms. The number of anilines is 1. The highest BCUT2D eigenvalue weighted by molar-refractivity contribution is 5.89. The van der Waals surface area contributed by atoms with Crippen LogP contribution in [0.4, 0.5) is 23.7 Å². The Morgan fingerprint density at radius 2 is 1.72 bits per heavy atom. The Balaban J connectivity index is 1.94. The highest BCUT2D eigenvalue weighted by Gasteiger charge is 2.31. The molecule has 0 saturated heterocycles. The molecule has 0 spiro atoms. The summed E-state index contributed by atoms with van der Waals surface area (Å²) < 4.78 is 41.1. The third-order valence-corrected chi connectivity index (χ3v) is 3.47. The van der Waals surface area contributed by atoms with E-state index in [0.29, 0.717) is 11.6 Å². The van der Waals surface area contributed by atoms with Gasteiger partial charge < -0.3 is 15.4 Å². The summed E-state index contributed by atoms with van der Waals surface area (Å²) in [6, 6.07) is 12.5. The fraction of sp³-hybridized carbons (Fsp3) is 0.278. The second-order valence-electron chi connectivity index (χ2n) is 5.74. The molecular formula is C18H19F3N2O2. The number of halogens is 3. The summed E-state index contributed by atoms with van der Waals surface area (Å²) >= 11 is 0. The van der Waals surface area contributed by atoms with Gasteiger partial charge in [-0.3, -0.25) is 0 Å². The molecule has 0 heterocycles. The smallest absolute Gasteiger partial charge is 0.405 e. The van der Waals surface area contributed by atoms with Crippen LogP contribution in [0.25, 0.3) is 0 Å². The fourth-order valence-corrected chi connectivity index (χ4v) is 2.18. The highest BCUT2D eigenvalue weighted by Crippen LogP contribution is 2.26. The Hall–Kier alpha value is -2.70. The zero-order valence-electron chi connectivity index (χ0n) is 13.9. The summed E-state index contributed by atoms with van der Waals surface area (Å²) in [5.74, 6) is 0.0459. The molecule has 0 saturated carbocycles. The molecule has 2 N–H and O–H groups in total. The van der Waals surface area contributed by atoms with Gasteiger partial charge in [0.25, 0.3) is 0 Å². The van der Waals surface area contributed by atoms with Crippen molar-refractivity contribution in [3.05, 3.63) is 59.7 Å². The predicted molar refractivity (Wildman–Crippen MR) is 89.5 cm³/mol. The summed E-state index contributed by atoms with van der Waals surface area (Å²) in [6.45, 7) is 4.04. The number of carbonyl (C=O) groups excluding carboxylic acids is 1. The average molecular weight is 352 g/mol. The van der Waals surface area contributed by atoms with E-state index in [4.69, 9.17) is 0 Å². The molecule has 2 rings (SSSR count). The number of ether oxygens (including phenoxy) is 1. The van der Waals surface area contributed by atoms with Gasteiger partial charge in [0, 0.05) is 17.8 Å². The topological polar surface area (TPSA) is 50.4 Å². The van der Waals surface area contributed by atoms with Gasteiger partial charge in [-0.1, -0.05) is 44.2 Å². The molecule has 7 heteroatoms. The van der Waals surface area contributed by atoms with Gasteiger partial charge in [0.2, 0.25) is 0 Å². The van der Waals surface area contributed by atoms with Crippen LogP contribution in [0, 0.1) is 0 Å². The summed E-state index contributed by atoms with van der Waals surface area (Å²) in [5, 5.41) is 5.15. The Bertz CT molecular complexity index is 713. The monoisotopic (exact) mass is 352 g/mol. The largest absolute Gasteiger partial charge is 0.573 e. The Labute approximate surface area is 144 Å². The first-order valence-corrected chi connectivity index (χ1v) is 7.73. The zero-order valence-corrected chi connectivity index (χ0v) is 13.9. The van der Waals surface area contributed by atoms with E-state index in [-0.39, 0.29) is 17.9 Å². The van der Waals surface area contributed by atoms with Crippen LogP contribution in [-0.4, -0.2) is 12.4 Å². The standard InChI is InChI=1S/C18H19F3N2O2/c1-12(2)13-7-9-15(10-8-13)23-17(24)22-11-14-5-3-4-6-16(14)25-18(19,20)21/h3-10,12H,11H2,1-2H3,(H2,22,23,24). The maximum Gasteiger partial charge on any atom is 0.573 e. The van der Waals surface area contributed by atoms with E-state index in [1.54, 1.807) is 18.2 Å². The van der Waals surface area contributed by atoms with Gasteiger partial charge in [-0.15, -0.1) is 13.2 Å². The Morgan fingerprint density at radius 3 is 2.32 bits per heavy atom. The maximum absolute atomic E-state index is 12.4. The van der Waals surface area contributed by atoms with Crippen LogP contribution in [-0.2, 0) is 6.54 Å². The number of hydrogen-bond acceptors (Lipinski definition) is 2. The molecule has 0 aliphatic rings. The molecule has 0 aromatic heterocycles. The average Bonchev–Trinajstić information content (AvgIpc) is 2.53. The van der Waals surface area contributed by atoms with E-state index in [9.17, 15) is 18.0 Å². The Kier molecular flexibility index (Phi) is 5.90. The van der Waals surface area contributed by atoms with Crippen molar-refractivity contribution in [1.82, 2.24) is 5.32 Å². The first-order chi connectivity index (χ1) is 11.7. The minimum absolute atomic E-state index is 0.0951. The number of nitrogens with one attached hydrogen (secondary N) is 2. The van der Waals surface area contributed by atoms with Gasteiger partial charge in [0.1, 0.15) is 5.75 Å². The van der Waals surface area contributed by atoms with Crippen LogP contribution in [0.2, 0.25) is 0 Å². The van der Waals surface area contributed by atoms with Crippen molar-refractivity contribution in [1.29, 1.82) is 0 Å². The Morgan fingerprint density at radius 1 is 1.08 bits per heavy atom. The van der Waals surface area contributed by atoms with Gasteiger partial charge in [-0.05, 0) is 29.7 Å². The summed E-state index contributed by atoms with van der Waals surface area (Å²) in [6.07, 6.45) is -4.78. The molecule has 4 nitrogen and oxygen atoms in total. The quantitative estimate of drug-likeness (QED) is 0.793. The van der Waals surface area contributed by atoms with E-state index in [2.05, 4.69) is 29.2 Å². The summed E-state index contributed by atoms with van der Waals surface area (Å²) in [4.78, 5) is 11.9. The van der Waals surface area contributed by atoms with Crippen molar-refractivity contribution in [2.45, 2.75) is 32.7 Å². The molecule has 2 aromatic carbocycles.